The van der Waals surface area contributed by atoms with Gasteiger partial charge < -0.3 is 14.7 Å². The third-order valence-electron chi connectivity index (χ3n) is 3.98. The highest BCUT2D eigenvalue weighted by Crippen LogP contribution is 2.26. The number of ether oxygens (including phenoxy) is 1. The summed E-state index contributed by atoms with van der Waals surface area (Å²) >= 11 is 0. The third kappa shape index (κ3) is 3.97. The van der Waals surface area contributed by atoms with Gasteiger partial charge in [-0.1, -0.05) is 37.3 Å². The van der Waals surface area contributed by atoms with Crippen molar-refractivity contribution in [2.45, 2.75) is 38.8 Å². The average Bonchev–Trinajstić information content (AvgIpc) is 2.52. The van der Waals surface area contributed by atoms with E-state index >= 15 is 0 Å². The molecule has 1 amide bonds. The predicted octanol–water partition coefficient (Wildman–Crippen LogP) is 2.90. The molecule has 5 nitrogen and oxygen atoms in total. The number of benzene rings is 1. The molecular formula is C16H21NO4. The maximum atomic E-state index is 12.2. The molecule has 21 heavy (non-hydrogen) atoms. The van der Waals surface area contributed by atoms with Gasteiger partial charge in [-0.15, -0.1) is 0 Å². The van der Waals surface area contributed by atoms with Crippen molar-refractivity contribution in [3.05, 3.63) is 35.9 Å². The second-order valence-electron chi connectivity index (χ2n) is 5.36. The Morgan fingerprint density at radius 1 is 1.33 bits per heavy atom. The Morgan fingerprint density at radius 3 is 2.67 bits per heavy atom. The lowest BCUT2D eigenvalue weighted by Gasteiger charge is -2.37. The van der Waals surface area contributed by atoms with Gasteiger partial charge in [-0.25, -0.2) is 4.79 Å². The molecule has 114 valence electrons. The largest absolute Gasteiger partial charge is 0.481 e. The lowest BCUT2D eigenvalue weighted by atomic mass is 9.90. The highest BCUT2D eigenvalue weighted by atomic mass is 16.6. The predicted molar refractivity (Wildman–Crippen MR) is 77.8 cm³/mol. The van der Waals surface area contributed by atoms with Crippen molar-refractivity contribution in [3.8, 4) is 0 Å². The average molecular weight is 291 g/mol. The van der Waals surface area contributed by atoms with Gasteiger partial charge in [0.15, 0.2) is 0 Å². The van der Waals surface area contributed by atoms with Gasteiger partial charge in [0.25, 0.3) is 0 Å². The van der Waals surface area contributed by atoms with Crippen LogP contribution in [0.3, 0.4) is 0 Å². The van der Waals surface area contributed by atoms with Crippen LogP contribution in [0.5, 0.6) is 0 Å². The van der Waals surface area contributed by atoms with Gasteiger partial charge in [0, 0.05) is 12.6 Å². The molecule has 2 atom stereocenters. The summed E-state index contributed by atoms with van der Waals surface area (Å²) in [5, 5.41) is 9.09. The highest BCUT2D eigenvalue weighted by molar-refractivity contribution is 5.72. The van der Waals surface area contributed by atoms with E-state index in [0.29, 0.717) is 19.4 Å². The zero-order valence-electron chi connectivity index (χ0n) is 12.2. The lowest BCUT2D eigenvalue weighted by molar-refractivity contribution is -0.144. The van der Waals surface area contributed by atoms with Crippen molar-refractivity contribution in [1.82, 2.24) is 4.90 Å². The van der Waals surface area contributed by atoms with Crippen LogP contribution in [0.1, 0.15) is 31.7 Å². The van der Waals surface area contributed by atoms with E-state index < -0.39 is 5.97 Å². The molecule has 1 aromatic rings. The molecule has 5 heteroatoms. The lowest BCUT2D eigenvalue weighted by Crippen LogP contribution is -2.47. The molecule has 0 aliphatic carbocycles. The van der Waals surface area contributed by atoms with Crippen LogP contribution < -0.4 is 0 Å². The number of carboxylic acids is 1. The molecule has 1 fully saturated rings. The third-order valence-corrected chi connectivity index (χ3v) is 3.98. The topological polar surface area (TPSA) is 66.8 Å². The number of piperidine rings is 1. The molecular weight excluding hydrogens is 270 g/mol. The Balaban J connectivity index is 1.91. The van der Waals surface area contributed by atoms with E-state index in [1.165, 1.54) is 0 Å². The molecule has 0 bridgehead atoms. The number of likely N-dealkylation sites (tertiary alicyclic amines) is 1. The van der Waals surface area contributed by atoms with E-state index in [2.05, 4.69) is 0 Å². The van der Waals surface area contributed by atoms with Crippen LogP contribution in [-0.4, -0.2) is 34.7 Å². The van der Waals surface area contributed by atoms with E-state index in [4.69, 9.17) is 9.84 Å². The van der Waals surface area contributed by atoms with E-state index in [1.54, 1.807) is 4.90 Å². The minimum Gasteiger partial charge on any atom is -0.481 e. The van der Waals surface area contributed by atoms with Crippen molar-refractivity contribution < 1.29 is 19.4 Å². The minimum atomic E-state index is -0.772. The second-order valence-corrected chi connectivity index (χ2v) is 5.36. The molecule has 0 aromatic heterocycles. The Bertz CT molecular complexity index is 488. The summed E-state index contributed by atoms with van der Waals surface area (Å²) in [5.74, 6) is -1.13. The first-order chi connectivity index (χ1) is 10.1. The van der Waals surface area contributed by atoms with Crippen LogP contribution in [-0.2, 0) is 16.1 Å². The normalized spacial score (nSPS) is 21.9. The van der Waals surface area contributed by atoms with Crippen molar-refractivity contribution in [2.75, 3.05) is 6.54 Å². The van der Waals surface area contributed by atoms with Gasteiger partial charge in [-0.2, -0.15) is 0 Å². The van der Waals surface area contributed by atoms with Gasteiger partial charge in [0.1, 0.15) is 6.61 Å². The molecule has 1 N–H and O–H groups in total. The van der Waals surface area contributed by atoms with Crippen LogP contribution in [0.4, 0.5) is 4.79 Å². The molecule has 2 unspecified atom stereocenters. The Kier molecular flexibility index (Phi) is 5.20. The summed E-state index contributed by atoms with van der Waals surface area (Å²) in [6.45, 7) is 2.66. The number of amides is 1. The fourth-order valence-corrected chi connectivity index (χ4v) is 2.70. The summed E-state index contributed by atoms with van der Waals surface area (Å²) in [7, 11) is 0. The fraction of sp³-hybridized carbons (Fsp3) is 0.500. The quantitative estimate of drug-likeness (QED) is 0.926. The van der Waals surface area contributed by atoms with Gasteiger partial charge in [-0.3, -0.25) is 4.79 Å². The number of carboxylic acid groups (broad SMARTS) is 1. The number of carbonyl (C=O) groups excluding carboxylic acids is 1. The summed E-state index contributed by atoms with van der Waals surface area (Å²) in [4.78, 5) is 24.9. The number of hydrogen-bond donors (Lipinski definition) is 1. The number of hydrogen-bond acceptors (Lipinski definition) is 3. The van der Waals surface area contributed by atoms with Gasteiger partial charge >= 0.3 is 12.1 Å². The maximum Gasteiger partial charge on any atom is 0.410 e. The van der Waals surface area contributed by atoms with Crippen molar-refractivity contribution in [1.29, 1.82) is 0 Å². The first-order valence-corrected chi connectivity index (χ1v) is 7.32. The van der Waals surface area contributed by atoms with E-state index in [9.17, 15) is 9.59 Å². The van der Waals surface area contributed by atoms with E-state index in [0.717, 1.165) is 12.0 Å². The number of rotatable bonds is 4. The molecule has 1 aliphatic heterocycles. The first-order valence-electron chi connectivity index (χ1n) is 7.32. The molecule has 0 spiro atoms. The standard InChI is InChI=1S/C16H21NO4/c1-2-14-10-13(15(18)19)8-9-17(14)16(20)21-11-12-6-4-3-5-7-12/h3-7,13-14H,2,8-11H2,1H3,(H,18,19). The summed E-state index contributed by atoms with van der Waals surface area (Å²) in [6, 6.07) is 9.47. The molecule has 1 saturated heterocycles. The second kappa shape index (κ2) is 7.11. The summed E-state index contributed by atoms with van der Waals surface area (Å²) in [6.07, 6.45) is 1.39. The van der Waals surface area contributed by atoms with Crippen LogP contribution in [0, 0.1) is 5.92 Å². The van der Waals surface area contributed by atoms with Gasteiger partial charge in [0.2, 0.25) is 0 Å². The molecule has 0 saturated carbocycles. The zero-order valence-corrected chi connectivity index (χ0v) is 12.2. The van der Waals surface area contributed by atoms with Gasteiger partial charge in [0.05, 0.1) is 5.92 Å². The minimum absolute atomic E-state index is 0.0527. The molecule has 1 heterocycles. The van der Waals surface area contributed by atoms with E-state index in [-0.39, 0.29) is 24.7 Å². The molecule has 1 aliphatic rings. The number of aliphatic carboxylic acids is 1. The molecule has 1 aromatic carbocycles. The summed E-state index contributed by atoms with van der Waals surface area (Å²) < 4.78 is 5.33. The van der Waals surface area contributed by atoms with Crippen molar-refractivity contribution in [2.24, 2.45) is 5.92 Å². The Hall–Kier alpha value is -2.04. The van der Waals surface area contributed by atoms with Crippen LogP contribution in [0.15, 0.2) is 30.3 Å². The number of nitrogens with zero attached hydrogens (tertiary/aromatic N) is 1. The maximum absolute atomic E-state index is 12.2. The van der Waals surface area contributed by atoms with Crippen LogP contribution >= 0.6 is 0 Å². The van der Waals surface area contributed by atoms with Crippen molar-refractivity contribution in [3.63, 3.8) is 0 Å². The smallest absolute Gasteiger partial charge is 0.410 e. The van der Waals surface area contributed by atoms with Gasteiger partial charge in [-0.05, 0) is 24.8 Å². The van der Waals surface area contributed by atoms with E-state index in [1.807, 2.05) is 37.3 Å². The molecule has 0 radical (unpaired) electrons. The first kappa shape index (κ1) is 15.4. The Morgan fingerprint density at radius 2 is 2.05 bits per heavy atom. The van der Waals surface area contributed by atoms with Crippen LogP contribution in [0.25, 0.3) is 0 Å². The molecule has 2 rings (SSSR count). The fourth-order valence-electron chi connectivity index (χ4n) is 2.70. The zero-order chi connectivity index (χ0) is 15.2. The number of carbonyl (C=O) groups is 2. The highest BCUT2D eigenvalue weighted by Gasteiger charge is 2.34. The summed E-state index contributed by atoms with van der Waals surface area (Å²) in [5.41, 5.74) is 0.944. The SMILES string of the molecule is CCC1CC(C(=O)O)CCN1C(=O)OCc1ccccc1. The van der Waals surface area contributed by atoms with Crippen LogP contribution in [0.2, 0.25) is 0 Å². The van der Waals surface area contributed by atoms with Crippen molar-refractivity contribution >= 4 is 12.1 Å². The Labute approximate surface area is 124 Å². The monoisotopic (exact) mass is 291 g/mol.